The Hall–Kier alpha value is -5.86. The van der Waals surface area contributed by atoms with Crippen molar-refractivity contribution in [2.75, 3.05) is 36.9 Å². The molecule has 3 N–H and O–H groups in total. The van der Waals surface area contributed by atoms with Crippen LogP contribution in [-0.4, -0.2) is 47.9 Å². The number of nitrogens with zero attached hydrogens (tertiary/aromatic N) is 3. The fourth-order valence-electron chi connectivity index (χ4n) is 6.92. The van der Waals surface area contributed by atoms with Crippen molar-refractivity contribution in [2.24, 2.45) is 0 Å². The number of hydrogen-bond acceptors (Lipinski definition) is 8. The van der Waals surface area contributed by atoms with Crippen LogP contribution in [0, 0.1) is 11.3 Å². The normalized spacial score (nSPS) is 15.6. The maximum Gasteiger partial charge on any atom is 0.248 e. The zero-order chi connectivity index (χ0) is 36.9. The first-order valence-corrected chi connectivity index (χ1v) is 18.5. The molecular formula is C43H39ClN6O4. The third kappa shape index (κ3) is 8.04. The first-order valence-electron chi connectivity index (χ1n) is 18.1. The zero-order valence-corrected chi connectivity index (χ0v) is 30.4. The maximum atomic E-state index is 13.2. The number of benzene rings is 4. The van der Waals surface area contributed by atoms with Crippen molar-refractivity contribution < 1.29 is 19.0 Å². The second-order valence-electron chi connectivity index (χ2n) is 13.6. The van der Waals surface area contributed by atoms with Gasteiger partial charge in [0, 0.05) is 54.1 Å². The van der Waals surface area contributed by atoms with Crippen molar-refractivity contribution >= 4 is 56.4 Å². The van der Waals surface area contributed by atoms with Crippen molar-refractivity contribution in [3.63, 3.8) is 0 Å². The average molecular weight is 739 g/mol. The van der Waals surface area contributed by atoms with Gasteiger partial charge >= 0.3 is 0 Å². The minimum Gasteiger partial charge on any atom is -0.487 e. The van der Waals surface area contributed by atoms with E-state index in [9.17, 15) is 10.1 Å². The Morgan fingerprint density at radius 3 is 2.70 bits per heavy atom. The number of aromatic nitrogens is 2. The molecule has 2 fully saturated rings. The number of carbonyl (C=O) groups is 1. The molecule has 272 valence electrons. The first kappa shape index (κ1) is 35.2. The number of pyridine rings is 1. The summed E-state index contributed by atoms with van der Waals surface area (Å²) < 4.78 is 20.3. The Balaban J connectivity index is 1.02. The summed E-state index contributed by atoms with van der Waals surface area (Å²) in [5, 5.41) is 22.0. The van der Waals surface area contributed by atoms with E-state index >= 15 is 0 Å². The molecule has 2 aliphatic rings. The van der Waals surface area contributed by atoms with E-state index < -0.39 is 0 Å². The minimum atomic E-state index is -0.235. The van der Waals surface area contributed by atoms with Gasteiger partial charge in [0.2, 0.25) is 5.91 Å². The summed E-state index contributed by atoms with van der Waals surface area (Å²) >= 11 is 6.76. The molecule has 1 amide bonds. The van der Waals surface area contributed by atoms with Gasteiger partial charge in [0.25, 0.3) is 0 Å². The van der Waals surface area contributed by atoms with Crippen molar-refractivity contribution in [1.29, 1.82) is 5.26 Å². The van der Waals surface area contributed by atoms with Crippen LogP contribution in [0.15, 0.2) is 109 Å². The van der Waals surface area contributed by atoms with Gasteiger partial charge in [-0.05, 0) is 84.9 Å². The summed E-state index contributed by atoms with van der Waals surface area (Å²) in [7, 11) is 0. The van der Waals surface area contributed by atoms with Gasteiger partial charge in [-0.3, -0.25) is 9.78 Å². The first-order chi connectivity index (χ1) is 26.5. The Morgan fingerprint density at radius 2 is 1.91 bits per heavy atom. The molecule has 6 aromatic rings. The summed E-state index contributed by atoms with van der Waals surface area (Å²) in [5.74, 6) is 0.794. The van der Waals surface area contributed by atoms with Gasteiger partial charge in [-0.25, -0.2) is 0 Å². The fourth-order valence-corrected chi connectivity index (χ4v) is 7.16. The van der Waals surface area contributed by atoms with Gasteiger partial charge in [0.05, 0.1) is 40.7 Å². The lowest BCUT2D eigenvalue weighted by molar-refractivity contribution is -0.112. The van der Waals surface area contributed by atoms with Crippen LogP contribution in [0.1, 0.15) is 36.0 Å². The molecule has 2 aromatic heterocycles. The number of nitrogens with one attached hydrogen (secondary N) is 3. The average Bonchev–Trinajstić information content (AvgIpc) is 3.85. The van der Waals surface area contributed by atoms with Crippen LogP contribution in [0.4, 0.5) is 17.1 Å². The second kappa shape index (κ2) is 16.0. The molecule has 11 heteroatoms. The monoisotopic (exact) mass is 738 g/mol. The van der Waals surface area contributed by atoms with Crippen LogP contribution in [0.2, 0.25) is 5.02 Å². The molecule has 0 radical (unpaired) electrons. The van der Waals surface area contributed by atoms with Gasteiger partial charge in [-0.1, -0.05) is 53.6 Å². The molecule has 0 bridgehead atoms. The molecule has 1 atom stereocenters. The van der Waals surface area contributed by atoms with E-state index in [0.29, 0.717) is 69.9 Å². The number of fused-ring (bicyclic) bond motifs is 2. The minimum absolute atomic E-state index is 0.144. The lowest BCUT2D eigenvalue weighted by atomic mass is 10.0. The molecule has 0 spiro atoms. The maximum absolute atomic E-state index is 13.2. The molecule has 10 nitrogen and oxygen atoms in total. The number of carbonyl (C=O) groups excluding carboxylic acids is 1. The van der Waals surface area contributed by atoms with Gasteiger partial charge in [0.15, 0.2) is 0 Å². The summed E-state index contributed by atoms with van der Waals surface area (Å²) in [6.07, 6.45) is 7.55. The standard InChI is InChI=1S/C43H39ClN6O4/c44-36-20-33(7-9-40(36)53-26-30-6-8-39-31(18-30)12-16-50(39)25-29-4-2-1-3-5-29)48-43-32(23-45)24-47-37-22-41(54-34-13-17-52-27-34)38(21-35(37)43)49-42(51)19-28-10-14-46-15-11-28/h1-9,12,16,18-22,24,34,46H,10-11,13-15,17,25-27H2,(H,47,48)(H,49,51). The molecule has 8 rings (SSSR count). The largest absolute Gasteiger partial charge is 0.487 e. The van der Waals surface area contributed by atoms with Gasteiger partial charge in [-0.2, -0.15) is 5.26 Å². The number of piperidine rings is 1. The molecule has 2 saturated heterocycles. The van der Waals surface area contributed by atoms with Gasteiger partial charge in [0.1, 0.15) is 30.3 Å². The van der Waals surface area contributed by atoms with Gasteiger partial charge in [-0.15, -0.1) is 0 Å². The van der Waals surface area contributed by atoms with Crippen LogP contribution in [-0.2, 0) is 22.7 Å². The molecule has 54 heavy (non-hydrogen) atoms. The number of rotatable bonds is 11. The van der Waals surface area contributed by atoms with Gasteiger partial charge < -0.3 is 34.7 Å². The highest BCUT2D eigenvalue weighted by atomic mass is 35.5. The lowest BCUT2D eigenvalue weighted by Crippen LogP contribution is -2.24. The zero-order valence-electron chi connectivity index (χ0n) is 29.6. The third-order valence-electron chi connectivity index (χ3n) is 9.74. The Kier molecular flexibility index (Phi) is 10.4. The highest BCUT2D eigenvalue weighted by Crippen LogP contribution is 2.38. The van der Waals surface area contributed by atoms with Crippen LogP contribution in [0.25, 0.3) is 21.8 Å². The van der Waals surface area contributed by atoms with Crippen LogP contribution in [0.5, 0.6) is 11.5 Å². The summed E-state index contributed by atoms with van der Waals surface area (Å²) in [5.41, 5.74) is 7.13. The fraction of sp³-hybridized carbons (Fsp3) is 0.233. The molecule has 4 aromatic carbocycles. The molecule has 0 saturated carbocycles. The van der Waals surface area contributed by atoms with E-state index in [4.69, 9.17) is 25.8 Å². The number of ether oxygens (including phenoxy) is 3. The molecular weight excluding hydrogens is 700 g/mol. The lowest BCUT2D eigenvalue weighted by Gasteiger charge is -2.19. The number of anilines is 3. The molecule has 0 aliphatic carbocycles. The number of amides is 1. The third-order valence-corrected chi connectivity index (χ3v) is 10.0. The van der Waals surface area contributed by atoms with Crippen molar-refractivity contribution in [2.45, 2.75) is 38.5 Å². The topological polar surface area (TPSA) is 122 Å². The smallest absolute Gasteiger partial charge is 0.248 e. The molecule has 2 aliphatic heterocycles. The Bertz CT molecular complexity index is 2390. The van der Waals surface area contributed by atoms with Crippen molar-refractivity contribution in [3.8, 4) is 17.6 Å². The van der Waals surface area contributed by atoms with E-state index in [1.807, 2.05) is 18.2 Å². The summed E-state index contributed by atoms with van der Waals surface area (Å²) in [6, 6.07) is 30.1. The second-order valence-corrected chi connectivity index (χ2v) is 14.0. The predicted octanol–water partition coefficient (Wildman–Crippen LogP) is 8.50. The Labute approximate surface area is 318 Å². The predicted molar refractivity (Wildman–Crippen MR) is 212 cm³/mol. The van der Waals surface area contributed by atoms with E-state index in [1.54, 1.807) is 24.3 Å². The number of hydrogen-bond donors (Lipinski definition) is 3. The van der Waals surface area contributed by atoms with Crippen molar-refractivity contribution in [1.82, 2.24) is 14.9 Å². The molecule has 1 unspecified atom stereocenters. The summed E-state index contributed by atoms with van der Waals surface area (Å²) in [6.45, 7) is 3.93. The van der Waals surface area contributed by atoms with Crippen LogP contribution in [0.3, 0.4) is 0 Å². The Morgan fingerprint density at radius 1 is 1.04 bits per heavy atom. The van der Waals surface area contributed by atoms with E-state index in [2.05, 4.69) is 86.3 Å². The SMILES string of the molecule is N#Cc1cnc2cc(OC3CCOC3)c(NC(=O)C=C3CCNCC3)cc2c1Nc1ccc(OCc2ccc3c(ccn3Cc3ccccc3)c2)c(Cl)c1. The van der Waals surface area contributed by atoms with Crippen LogP contribution >= 0.6 is 11.6 Å². The molecule has 4 heterocycles. The van der Waals surface area contributed by atoms with E-state index in [0.717, 1.165) is 60.9 Å². The van der Waals surface area contributed by atoms with Crippen molar-refractivity contribution in [3.05, 3.63) is 131 Å². The highest BCUT2D eigenvalue weighted by molar-refractivity contribution is 6.32. The van der Waals surface area contributed by atoms with E-state index in [-0.39, 0.29) is 12.0 Å². The number of halogens is 1. The highest BCUT2D eigenvalue weighted by Gasteiger charge is 2.22. The quantitative estimate of drug-likeness (QED) is 0.113. The summed E-state index contributed by atoms with van der Waals surface area (Å²) in [4.78, 5) is 17.8. The number of nitriles is 1. The van der Waals surface area contributed by atoms with Crippen LogP contribution < -0.4 is 25.4 Å². The van der Waals surface area contributed by atoms with E-state index in [1.165, 1.54) is 11.8 Å².